The number of carbonyl (C=O) groups is 1. The molecule has 1 N–H and O–H groups in total. The standard InChI is InChI=1S/C19H22ClN3O2S/c1-3-26-18-10-13(6-8-21-18)19(24)22-15-7-9-23(12-15)16-11-14(20)4-5-17(16)25-2/h4-6,8,10-11,15H,3,7,9,12H2,1-2H3,(H,22,24). The van der Waals surface area contributed by atoms with Crippen LogP contribution in [-0.4, -0.2) is 42.9 Å². The Balaban J connectivity index is 1.65. The molecule has 1 saturated heterocycles. The van der Waals surface area contributed by atoms with Crippen molar-refractivity contribution < 1.29 is 9.53 Å². The van der Waals surface area contributed by atoms with Crippen LogP contribution in [0.5, 0.6) is 5.75 Å². The predicted octanol–water partition coefficient (Wildman–Crippen LogP) is 3.86. The number of pyridine rings is 1. The zero-order valence-electron chi connectivity index (χ0n) is 14.9. The van der Waals surface area contributed by atoms with Gasteiger partial charge in [0.1, 0.15) is 5.75 Å². The van der Waals surface area contributed by atoms with Crippen molar-refractivity contribution in [2.24, 2.45) is 0 Å². The number of aromatic nitrogens is 1. The van der Waals surface area contributed by atoms with Crippen molar-refractivity contribution in [1.82, 2.24) is 10.3 Å². The zero-order valence-corrected chi connectivity index (χ0v) is 16.4. The Morgan fingerprint density at radius 3 is 3.04 bits per heavy atom. The van der Waals surface area contributed by atoms with Gasteiger partial charge in [0.05, 0.1) is 17.8 Å². The number of hydrogen-bond acceptors (Lipinski definition) is 5. The van der Waals surface area contributed by atoms with Crippen LogP contribution in [0.2, 0.25) is 5.02 Å². The minimum absolute atomic E-state index is 0.0599. The summed E-state index contributed by atoms with van der Waals surface area (Å²) in [6, 6.07) is 9.27. The maximum absolute atomic E-state index is 12.6. The molecule has 26 heavy (non-hydrogen) atoms. The first-order valence-corrected chi connectivity index (χ1v) is 9.95. The highest BCUT2D eigenvalue weighted by Crippen LogP contribution is 2.33. The molecule has 5 nitrogen and oxygen atoms in total. The summed E-state index contributed by atoms with van der Waals surface area (Å²) in [4.78, 5) is 19.0. The van der Waals surface area contributed by atoms with Crippen LogP contribution in [-0.2, 0) is 0 Å². The van der Waals surface area contributed by atoms with E-state index in [0.717, 1.165) is 41.7 Å². The van der Waals surface area contributed by atoms with Gasteiger partial charge in [-0.1, -0.05) is 18.5 Å². The number of benzene rings is 1. The molecule has 1 amide bonds. The van der Waals surface area contributed by atoms with Crippen LogP contribution in [0.4, 0.5) is 5.69 Å². The summed E-state index contributed by atoms with van der Waals surface area (Å²) in [7, 11) is 1.65. The van der Waals surface area contributed by atoms with Crippen molar-refractivity contribution in [2.45, 2.75) is 24.4 Å². The van der Waals surface area contributed by atoms with Gasteiger partial charge in [0.15, 0.2) is 0 Å². The second-order valence-electron chi connectivity index (χ2n) is 6.04. The molecule has 1 fully saturated rings. The summed E-state index contributed by atoms with van der Waals surface area (Å²) in [6.45, 7) is 3.63. The van der Waals surface area contributed by atoms with Crippen LogP contribution in [0.25, 0.3) is 0 Å². The van der Waals surface area contributed by atoms with Gasteiger partial charge < -0.3 is 15.0 Å². The second-order valence-corrected chi connectivity index (χ2v) is 7.76. The second kappa shape index (κ2) is 8.64. The number of anilines is 1. The minimum atomic E-state index is -0.0599. The quantitative estimate of drug-likeness (QED) is 0.757. The van der Waals surface area contributed by atoms with E-state index >= 15 is 0 Å². The molecule has 0 radical (unpaired) electrons. The molecule has 0 bridgehead atoms. The van der Waals surface area contributed by atoms with Crippen molar-refractivity contribution in [3.8, 4) is 5.75 Å². The maximum atomic E-state index is 12.6. The van der Waals surface area contributed by atoms with Crippen LogP contribution in [0, 0.1) is 0 Å². The lowest BCUT2D eigenvalue weighted by Crippen LogP contribution is -2.37. The smallest absolute Gasteiger partial charge is 0.251 e. The number of amides is 1. The van der Waals surface area contributed by atoms with E-state index in [4.69, 9.17) is 16.3 Å². The number of nitrogens with one attached hydrogen (secondary N) is 1. The predicted molar refractivity (Wildman–Crippen MR) is 107 cm³/mol. The van der Waals surface area contributed by atoms with E-state index < -0.39 is 0 Å². The van der Waals surface area contributed by atoms with Gasteiger partial charge in [0.25, 0.3) is 5.91 Å². The van der Waals surface area contributed by atoms with E-state index in [2.05, 4.69) is 22.1 Å². The molecule has 2 aromatic rings. The first-order chi connectivity index (χ1) is 12.6. The van der Waals surface area contributed by atoms with Gasteiger partial charge in [-0.2, -0.15) is 0 Å². The molecule has 138 valence electrons. The SMILES string of the molecule is CCSc1cc(C(=O)NC2CCN(c3cc(Cl)ccc3OC)C2)ccn1. The Bertz CT molecular complexity index is 787. The number of rotatable bonds is 6. The molecule has 1 unspecified atom stereocenters. The molecular weight excluding hydrogens is 370 g/mol. The molecule has 1 aliphatic heterocycles. The number of hydrogen-bond donors (Lipinski definition) is 1. The highest BCUT2D eigenvalue weighted by atomic mass is 35.5. The van der Waals surface area contributed by atoms with Gasteiger partial charge in [-0.25, -0.2) is 4.98 Å². The van der Waals surface area contributed by atoms with Gasteiger partial charge in [-0.15, -0.1) is 11.8 Å². The van der Waals surface area contributed by atoms with Gasteiger partial charge in [-0.05, 0) is 42.5 Å². The minimum Gasteiger partial charge on any atom is -0.495 e. The van der Waals surface area contributed by atoms with E-state index in [1.54, 1.807) is 31.1 Å². The van der Waals surface area contributed by atoms with Gasteiger partial charge in [-0.3, -0.25) is 4.79 Å². The topological polar surface area (TPSA) is 54.5 Å². The highest BCUT2D eigenvalue weighted by molar-refractivity contribution is 7.99. The number of thioether (sulfide) groups is 1. The van der Waals surface area contributed by atoms with Crippen LogP contribution in [0.15, 0.2) is 41.6 Å². The maximum Gasteiger partial charge on any atom is 0.251 e. The first-order valence-electron chi connectivity index (χ1n) is 8.59. The highest BCUT2D eigenvalue weighted by Gasteiger charge is 2.26. The third-order valence-corrected chi connectivity index (χ3v) is 5.34. The fourth-order valence-electron chi connectivity index (χ4n) is 3.05. The normalized spacial score (nSPS) is 16.6. The molecule has 3 rings (SSSR count). The Morgan fingerprint density at radius 2 is 2.27 bits per heavy atom. The van der Waals surface area contributed by atoms with Crippen LogP contribution in [0.3, 0.4) is 0 Å². The van der Waals surface area contributed by atoms with E-state index in [1.807, 2.05) is 24.3 Å². The molecular formula is C19H22ClN3O2S. The van der Waals surface area contributed by atoms with E-state index in [1.165, 1.54) is 0 Å². The van der Waals surface area contributed by atoms with Crippen molar-refractivity contribution >= 4 is 35.0 Å². The summed E-state index contributed by atoms with van der Waals surface area (Å²) < 4.78 is 5.44. The Hall–Kier alpha value is -1.92. The van der Waals surface area contributed by atoms with E-state index in [9.17, 15) is 4.79 Å². The zero-order chi connectivity index (χ0) is 18.5. The van der Waals surface area contributed by atoms with E-state index in [0.29, 0.717) is 10.6 Å². The van der Waals surface area contributed by atoms with Crippen LogP contribution in [0.1, 0.15) is 23.7 Å². The Morgan fingerprint density at radius 1 is 1.42 bits per heavy atom. The fraction of sp³-hybridized carbons (Fsp3) is 0.368. The van der Waals surface area contributed by atoms with Gasteiger partial charge >= 0.3 is 0 Å². The average molecular weight is 392 g/mol. The van der Waals surface area contributed by atoms with Gasteiger partial charge in [0, 0.05) is 35.9 Å². The molecule has 1 aromatic carbocycles. The van der Waals surface area contributed by atoms with Crippen molar-refractivity contribution in [2.75, 3.05) is 30.9 Å². The lowest BCUT2D eigenvalue weighted by atomic mass is 10.2. The van der Waals surface area contributed by atoms with Crippen molar-refractivity contribution in [1.29, 1.82) is 0 Å². The fourth-order valence-corrected chi connectivity index (χ4v) is 3.86. The Labute approximate surface area is 163 Å². The molecule has 7 heteroatoms. The van der Waals surface area contributed by atoms with E-state index in [-0.39, 0.29) is 11.9 Å². The number of nitrogens with zero attached hydrogens (tertiary/aromatic N) is 2. The first kappa shape index (κ1) is 18.9. The summed E-state index contributed by atoms with van der Waals surface area (Å²) in [5, 5.41) is 4.67. The van der Waals surface area contributed by atoms with Gasteiger partial charge in [0.2, 0.25) is 0 Å². The van der Waals surface area contributed by atoms with Crippen molar-refractivity contribution in [3.05, 3.63) is 47.1 Å². The number of ether oxygens (including phenoxy) is 1. The Kier molecular flexibility index (Phi) is 6.27. The number of halogens is 1. The van der Waals surface area contributed by atoms with Crippen LogP contribution >= 0.6 is 23.4 Å². The summed E-state index contributed by atoms with van der Waals surface area (Å²) in [6.07, 6.45) is 2.56. The van der Waals surface area contributed by atoms with Crippen LogP contribution < -0.4 is 15.0 Å². The van der Waals surface area contributed by atoms with Crippen molar-refractivity contribution in [3.63, 3.8) is 0 Å². The molecule has 0 spiro atoms. The third-order valence-electron chi connectivity index (χ3n) is 4.29. The molecule has 0 aliphatic carbocycles. The summed E-state index contributed by atoms with van der Waals surface area (Å²) >= 11 is 7.76. The molecule has 1 aromatic heterocycles. The summed E-state index contributed by atoms with van der Waals surface area (Å²) in [5.41, 5.74) is 1.61. The average Bonchev–Trinajstić information content (AvgIpc) is 3.10. The molecule has 1 atom stereocenters. The lowest BCUT2D eigenvalue weighted by molar-refractivity contribution is 0.0940. The number of methoxy groups -OCH3 is 1. The molecule has 1 aliphatic rings. The number of carbonyl (C=O) groups excluding carboxylic acids is 1. The molecule has 2 heterocycles. The monoisotopic (exact) mass is 391 g/mol. The summed E-state index contributed by atoms with van der Waals surface area (Å²) in [5.74, 6) is 1.66. The largest absolute Gasteiger partial charge is 0.495 e. The lowest BCUT2D eigenvalue weighted by Gasteiger charge is -2.21. The molecule has 0 saturated carbocycles. The third kappa shape index (κ3) is 4.43.